The van der Waals surface area contributed by atoms with E-state index in [-0.39, 0.29) is 18.4 Å². The molecule has 0 radical (unpaired) electrons. The van der Waals surface area contributed by atoms with Crippen molar-refractivity contribution in [3.8, 4) is 5.75 Å². The minimum Gasteiger partial charge on any atom is -0.489 e. The first-order valence-corrected chi connectivity index (χ1v) is 10.5. The molecular weight excluding hydrogens is 388 g/mol. The van der Waals surface area contributed by atoms with Crippen LogP contribution in [-0.2, 0) is 11.4 Å². The lowest BCUT2D eigenvalue weighted by molar-refractivity contribution is -0.116. The Bertz CT molecular complexity index is 1000. The van der Waals surface area contributed by atoms with Gasteiger partial charge >= 0.3 is 0 Å². The van der Waals surface area contributed by atoms with Crippen molar-refractivity contribution in [3.63, 3.8) is 0 Å². The first kappa shape index (κ1) is 22.1. The topological polar surface area (TPSA) is 58.6 Å². The van der Waals surface area contributed by atoms with Gasteiger partial charge in [-0.3, -0.25) is 9.59 Å². The van der Waals surface area contributed by atoms with Gasteiger partial charge in [0.15, 0.2) is 0 Å². The number of carbonyl (C=O) groups excluding carboxylic acids is 2. The van der Waals surface area contributed by atoms with Crippen LogP contribution in [0.5, 0.6) is 5.75 Å². The quantitative estimate of drug-likeness (QED) is 0.530. The first-order chi connectivity index (χ1) is 15.1. The maximum absolute atomic E-state index is 13.0. The Morgan fingerprint density at radius 3 is 2.26 bits per heavy atom. The summed E-state index contributed by atoms with van der Waals surface area (Å²) < 4.78 is 5.79. The molecule has 160 valence electrons. The van der Waals surface area contributed by atoms with Crippen LogP contribution in [0.3, 0.4) is 0 Å². The highest BCUT2D eigenvalue weighted by Crippen LogP contribution is 2.17. The monoisotopic (exact) mass is 416 g/mol. The standard InChI is InChI=1S/C26H28N2O3/c1-3-17-28(18-25(29)27-24-12-8-7-9-20(24)2)26(30)22-13-15-23(16-14-22)31-19-21-10-5-4-6-11-21/h4-16H,3,17-19H2,1-2H3,(H,27,29). The highest BCUT2D eigenvalue weighted by Gasteiger charge is 2.18. The maximum Gasteiger partial charge on any atom is 0.254 e. The molecule has 3 aromatic carbocycles. The van der Waals surface area contributed by atoms with Crippen molar-refractivity contribution in [3.05, 3.63) is 95.6 Å². The molecule has 0 saturated heterocycles. The molecule has 2 amide bonds. The normalized spacial score (nSPS) is 10.4. The molecule has 0 aliphatic carbocycles. The van der Waals surface area contributed by atoms with Gasteiger partial charge in [-0.2, -0.15) is 0 Å². The molecule has 0 aliphatic heterocycles. The van der Waals surface area contributed by atoms with Crippen molar-refractivity contribution in [1.29, 1.82) is 0 Å². The Hall–Kier alpha value is -3.60. The molecule has 1 N–H and O–H groups in total. The Balaban J connectivity index is 1.61. The molecule has 5 heteroatoms. The molecule has 0 fully saturated rings. The number of hydrogen-bond acceptors (Lipinski definition) is 3. The highest BCUT2D eigenvalue weighted by molar-refractivity contribution is 5.99. The number of ether oxygens (including phenoxy) is 1. The molecule has 0 aliphatic rings. The van der Waals surface area contributed by atoms with E-state index in [2.05, 4.69) is 5.32 Å². The second-order valence-electron chi connectivity index (χ2n) is 7.39. The molecule has 0 unspecified atom stereocenters. The lowest BCUT2D eigenvalue weighted by Gasteiger charge is -2.22. The third-order valence-electron chi connectivity index (χ3n) is 4.88. The second kappa shape index (κ2) is 11.0. The summed E-state index contributed by atoms with van der Waals surface area (Å²) in [5.41, 5.74) is 3.35. The summed E-state index contributed by atoms with van der Waals surface area (Å²) in [6.45, 7) is 4.90. The lowest BCUT2D eigenvalue weighted by atomic mass is 10.1. The van der Waals surface area contributed by atoms with E-state index >= 15 is 0 Å². The van der Waals surface area contributed by atoms with Crippen molar-refractivity contribution in [2.75, 3.05) is 18.4 Å². The van der Waals surface area contributed by atoms with E-state index in [4.69, 9.17) is 4.74 Å². The van der Waals surface area contributed by atoms with Gasteiger partial charge in [0, 0.05) is 17.8 Å². The van der Waals surface area contributed by atoms with Crippen molar-refractivity contribution >= 4 is 17.5 Å². The third kappa shape index (κ3) is 6.44. The molecule has 0 aromatic heterocycles. The van der Waals surface area contributed by atoms with Gasteiger partial charge in [0.1, 0.15) is 18.9 Å². The number of nitrogens with zero attached hydrogens (tertiary/aromatic N) is 1. The Morgan fingerprint density at radius 1 is 0.903 bits per heavy atom. The van der Waals surface area contributed by atoms with E-state index in [9.17, 15) is 9.59 Å². The number of hydrogen-bond donors (Lipinski definition) is 1. The molecule has 0 saturated carbocycles. The van der Waals surface area contributed by atoms with E-state index in [0.717, 1.165) is 23.2 Å². The number of para-hydroxylation sites is 1. The van der Waals surface area contributed by atoms with Gasteiger partial charge in [0.05, 0.1) is 0 Å². The summed E-state index contributed by atoms with van der Waals surface area (Å²) in [6, 6.07) is 24.5. The van der Waals surface area contributed by atoms with Gasteiger partial charge in [-0.15, -0.1) is 0 Å². The Labute approximate surface area is 183 Å². The van der Waals surface area contributed by atoms with Crippen molar-refractivity contribution in [1.82, 2.24) is 4.90 Å². The summed E-state index contributed by atoms with van der Waals surface area (Å²) in [6.07, 6.45) is 0.766. The van der Waals surface area contributed by atoms with E-state index < -0.39 is 0 Å². The zero-order valence-electron chi connectivity index (χ0n) is 18.0. The van der Waals surface area contributed by atoms with E-state index in [0.29, 0.717) is 24.5 Å². The fraction of sp³-hybridized carbons (Fsp3) is 0.231. The van der Waals surface area contributed by atoms with Crippen LogP contribution in [0, 0.1) is 6.92 Å². The second-order valence-corrected chi connectivity index (χ2v) is 7.39. The van der Waals surface area contributed by atoms with Crippen LogP contribution < -0.4 is 10.1 Å². The molecule has 0 bridgehead atoms. The molecule has 0 atom stereocenters. The van der Waals surface area contributed by atoms with E-state index in [1.54, 1.807) is 29.2 Å². The zero-order valence-corrected chi connectivity index (χ0v) is 18.0. The van der Waals surface area contributed by atoms with Crippen LogP contribution in [0.2, 0.25) is 0 Å². The predicted molar refractivity (Wildman–Crippen MR) is 123 cm³/mol. The minimum absolute atomic E-state index is 0.00721. The SMILES string of the molecule is CCCN(CC(=O)Nc1ccccc1C)C(=O)c1ccc(OCc2ccccc2)cc1. The summed E-state index contributed by atoms with van der Waals surface area (Å²) >= 11 is 0. The van der Waals surface area contributed by atoms with Gasteiger partial charge in [-0.05, 0) is 54.8 Å². The van der Waals surface area contributed by atoms with E-state index in [1.165, 1.54) is 0 Å². The summed E-state index contributed by atoms with van der Waals surface area (Å²) in [5, 5.41) is 2.89. The summed E-state index contributed by atoms with van der Waals surface area (Å²) in [5.74, 6) is 0.315. The predicted octanol–water partition coefficient (Wildman–Crippen LogP) is 5.06. The van der Waals surface area contributed by atoms with Gasteiger partial charge in [-0.25, -0.2) is 0 Å². The molecule has 3 aromatic rings. The Morgan fingerprint density at radius 2 is 1.58 bits per heavy atom. The molecule has 5 nitrogen and oxygen atoms in total. The van der Waals surface area contributed by atoms with Crippen LogP contribution in [-0.4, -0.2) is 29.8 Å². The van der Waals surface area contributed by atoms with Crippen molar-refractivity contribution in [2.45, 2.75) is 26.9 Å². The smallest absolute Gasteiger partial charge is 0.254 e. The van der Waals surface area contributed by atoms with Gasteiger partial charge in [0.2, 0.25) is 5.91 Å². The molecule has 0 spiro atoms. The van der Waals surface area contributed by atoms with Crippen LogP contribution >= 0.6 is 0 Å². The number of nitrogens with one attached hydrogen (secondary N) is 1. The number of rotatable bonds is 9. The van der Waals surface area contributed by atoms with Crippen molar-refractivity contribution in [2.24, 2.45) is 0 Å². The molecule has 3 rings (SSSR count). The summed E-state index contributed by atoms with van der Waals surface area (Å²) in [7, 11) is 0. The number of anilines is 1. The van der Waals surface area contributed by atoms with Gasteiger partial charge in [0.25, 0.3) is 5.91 Å². The summed E-state index contributed by atoms with van der Waals surface area (Å²) in [4.78, 5) is 27.1. The molecular formula is C26H28N2O3. The minimum atomic E-state index is -0.209. The number of aryl methyl sites for hydroxylation is 1. The van der Waals surface area contributed by atoms with Crippen LogP contribution in [0.15, 0.2) is 78.9 Å². The van der Waals surface area contributed by atoms with Crippen LogP contribution in [0.4, 0.5) is 5.69 Å². The maximum atomic E-state index is 13.0. The van der Waals surface area contributed by atoms with Gasteiger partial charge in [-0.1, -0.05) is 55.5 Å². The van der Waals surface area contributed by atoms with Crippen molar-refractivity contribution < 1.29 is 14.3 Å². The highest BCUT2D eigenvalue weighted by atomic mass is 16.5. The number of carbonyl (C=O) groups is 2. The van der Waals surface area contributed by atoms with Crippen LogP contribution in [0.25, 0.3) is 0 Å². The Kier molecular flexibility index (Phi) is 7.82. The fourth-order valence-electron chi connectivity index (χ4n) is 3.22. The lowest BCUT2D eigenvalue weighted by Crippen LogP contribution is -2.38. The number of amides is 2. The third-order valence-corrected chi connectivity index (χ3v) is 4.88. The van der Waals surface area contributed by atoms with Gasteiger partial charge < -0.3 is 15.0 Å². The number of benzene rings is 3. The molecule has 0 heterocycles. The first-order valence-electron chi connectivity index (χ1n) is 10.5. The largest absolute Gasteiger partial charge is 0.489 e. The van der Waals surface area contributed by atoms with E-state index in [1.807, 2.05) is 68.4 Å². The zero-order chi connectivity index (χ0) is 22.1. The van der Waals surface area contributed by atoms with Crippen LogP contribution in [0.1, 0.15) is 34.8 Å². The fourth-order valence-corrected chi connectivity index (χ4v) is 3.22. The average Bonchev–Trinajstić information content (AvgIpc) is 2.79. The average molecular weight is 417 g/mol. The molecule has 31 heavy (non-hydrogen) atoms.